The van der Waals surface area contributed by atoms with Crippen LogP contribution in [0.4, 0.5) is 0 Å². The van der Waals surface area contributed by atoms with Gasteiger partial charge in [0.05, 0.1) is 18.1 Å². The van der Waals surface area contributed by atoms with E-state index in [2.05, 4.69) is 12.2 Å². The standard InChI is InChI=1S/C14H28N2O2/c1-5-6-14(7-9-15-10-8-14)13(17)16(3)12(2)11-18-4/h12,15H,5-11H2,1-4H3. The van der Waals surface area contributed by atoms with Gasteiger partial charge in [-0.15, -0.1) is 0 Å². The van der Waals surface area contributed by atoms with Gasteiger partial charge in [0.15, 0.2) is 0 Å². The number of methoxy groups -OCH3 is 1. The summed E-state index contributed by atoms with van der Waals surface area (Å²) in [6.07, 6.45) is 3.99. The van der Waals surface area contributed by atoms with Crippen LogP contribution in [-0.4, -0.2) is 50.7 Å². The van der Waals surface area contributed by atoms with Crippen LogP contribution in [0.2, 0.25) is 0 Å². The van der Waals surface area contributed by atoms with E-state index in [0.717, 1.165) is 38.8 Å². The molecule has 1 aliphatic heterocycles. The third kappa shape index (κ3) is 3.45. The van der Waals surface area contributed by atoms with Crippen molar-refractivity contribution in [1.29, 1.82) is 0 Å². The normalized spacial score (nSPS) is 20.4. The second kappa shape index (κ2) is 7.10. The second-order valence-corrected chi connectivity index (χ2v) is 5.50. The molecule has 0 aliphatic carbocycles. The Hall–Kier alpha value is -0.610. The first-order chi connectivity index (χ1) is 8.57. The van der Waals surface area contributed by atoms with E-state index in [-0.39, 0.29) is 11.5 Å². The van der Waals surface area contributed by atoms with Gasteiger partial charge in [0.2, 0.25) is 5.91 Å². The number of hydrogen-bond acceptors (Lipinski definition) is 3. The molecular formula is C14H28N2O2. The molecule has 4 nitrogen and oxygen atoms in total. The monoisotopic (exact) mass is 256 g/mol. The van der Waals surface area contributed by atoms with Crippen molar-refractivity contribution in [2.45, 2.75) is 45.6 Å². The molecule has 0 radical (unpaired) electrons. The highest BCUT2D eigenvalue weighted by molar-refractivity contribution is 5.83. The predicted molar refractivity (Wildman–Crippen MR) is 73.6 cm³/mol. The number of likely N-dealkylation sites (N-methyl/N-ethyl adjacent to an activating group) is 1. The zero-order valence-electron chi connectivity index (χ0n) is 12.3. The summed E-state index contributed by atoms with van der Waals surface area (Å²) in [6, 6.07) is 0.145. The fourth-order valence-corrected chi connectivity index (χ4v) is 2.88. The number of carbonyl (C=O) groups excluding carboxylic acids is 1. The van der Waals surface area contributed by atoms with Gasteiger partial charge in [0.1, 0.15) is 0 Å². The van der Waals surface area contributed by atoms with E-state index in [4.69, 9.17) is 4.74 Å². The van der Waals surface area contributed by atoms with E-state index in [9.17, 15) is 4.79 Å². The van der Waals surface area contributed by atoms with Crippen LogP contribution in [0.25, 0.3) is 0 Å². The Morgan fingerprint density at radius 1 is 1.44 bits per heavy atom. The minimum absolute atomic E-state index is 0.142. The molecule has 0 aromatic heterocycles. The first kappa shape index (κ1) is 15.4. The van der Waals surface area contributed by atoms with Crippen molar-refractivity contribution in [3.63, 3.8) is 0 Å². The van der Waals surface area contributed by atoms with E-state index in [1.54, 1.807) is 7.11 Å². The van der Waals surface area contributed by atoms with Gasteiger partial charge in [0, 0.05) is 14.2 Å². The van der Waals surface area contributed by atoms with Crippen LogP contribution in [0.15, 0.2) is 0 Å². The van der Waals surface area contributed by atoms with Crippen molar-refractivity contribution in [2.75, 3.05) is 33.9 Å². The molecule has 1 amide bonds. The zero-order chi connectivity index (χ0) is 13.6. The van der Waals surface area contributed by atoms with Crippen molar-refractivity contribution in [2.24, 2.45) is 5.41 Å². The lowest BCUT2D eigenvalue weighted by atomic mass is 9.74. The van der Waals surface area contributed by atoms with Crippen molar-refractivity contribution < 1.29 is 9.53 Å². The first-order valence-corrected chi connectivity index (χ1v) is 7.04. The molecule has 0 bridgehead atoms. The molecule has 1 heterocycles. The molecule has 1 N–H and O–H groups in total. The number of nitrogens with zero attached hydrogens (tertiary/aromatic N) is 1. The Morgan fingerprint density at radius 2 is 2.06 bits per heavy atom. The lowest BCUT2D eigenvalue weighted by Gasteiger charge is -2.40. The molecule has 0 spiro atoms. The SMILES string of the molecule is CCCC1(C(=O)N(C)C(C)COC)CCNCC1. The highest BCUT2D eigenvalue weighted by Crippen LogP contribution is 2.36. The van der Waals surface area contributed by atoms with Crippen molar-refractivity contribution in [1.82, 2.24) is 10.2 Å². The molecule has 0 aromatic carbocycles. The second-order valence-electron chi connectivity index (χ2n) is 5.50. The Kier molecular flexibility index (Phi) is 6.09. The van der Waals surface area contributed by atoms with Crippen LogP contribution in [0, 0.1) is 5.41 Å². The van der Waals surface area contributed by atoms with Crippen molar-refractivity contribution in [3.05, 3.63) is 0 Å². The molecule has 106 valence electrons. The molecule has 0 aromatic rings. The number of piperidine rings is 1. The maximum absolute atomic E-state index is 12.8. The van der Waals surface area contributed by atoms with E-state index in [1.165, 1.54) is 0 Å². The largest absolute Gasteiger partial charge is 0.383 e. The number of rotatable bonds is 6. The molecule has 1 rings (SSSR count). The molecule has 1 saturated heterocycles. The van der Waals surface area contributed by atoms with Gasteiger partial charge in [-0.2, -0.15) is 0 Å². The summed E-state index contributed by atoms with van der Waals surface area (Å²) in [5, 5.41) is 3.35. The van der Waals surface area contributed by atoms with Crippen LogP contribution in [-0.2, 0) is 9.53 Å². The van der Waals surface area contributed by atoms with E-state index >= 15 is 0 Å². The molecule has 4 heteroatoms. The topological polar surface area (TPSA) is 41.6 Å². The van der Waals surface area contributed by atoms with E-state index in [0.29, 0.717) is 12.5 Å². The quantitative estimate of drug-likeness (QED) is 0.785. The summed E-state index contributed by atoms with van der Waals surface area (Å²) in [7, 11) is 3.59. The van der Waals surface area contributed by atoms with Gasteiger partial charge in [0.25, 0.3) is 0 Å². The predicted octanol–water partition coefficient (Wildman–Crippen LogP) is 1.65. The number of hydrogen-bond donors (Lipinski definition) is 1. The van der Waals surface area contributed by atoms with E-state index in [1.807, 2.05) is 18.9 Å². The summed E-state index contributed by atoms with van der Waals surface area (Å²) in [5.74, 6) is 0.301. The maximum atomic E-state index is 12.8. The highest BCUT2D eigenvalue weighted by Gasteiger charge is 2.41. The Labute approximate surface area is 111 Å². The Morgan fingerprint density at radius 3 is 2.56 bits per heavy atom. The minimum Gasteiger partial charge on any atom is -0.383 e. The molecule has 1 atom stereocenters. The summed E-state index contributed by atoms with van der Waals surface area (Å²) in [4.78, 5) is 14.6. The van der Waals surface area contributed by atoms with Crippen LogP contribution in [0.3, 0.4) is 0 Å². The Balaban J connectivity index is 2.75. The molecule has 0 saturated carbocycles. The average molecular weight is 256 g/mol. The molecule has 18 heavy (non-hydrogen) atoms. The number of ether oxygens (including phenoxy) is 1. The molecule has 1 fully saturated rings. The van der Waals surface area contributed by atoms with E-state index < -0.39 is 0 Å². The smallest absolute Gasteiger partial charge is 0.228 e. The number of carbonyl (C=O) groups is 1. The summed E-state index contributed by atoms with van der Waals surface area (Å²) < 4.78 is 5.15. The van der Waals surface area contributed by atoms with Gasteiger partial charge in [-0.1, -0.05) is 13.3 Å². The number of amides is 1. The number of nitrogens with one attached hydrogen (secondary N) is 1. The van der Waals surface area contributed by atoms with Gasteiger partial charge in [-0.25, -0.2) is 0 Å². The van der Waals surface area contributed by atoms with Crippen LogP contribution in [0.5, 0.6) is 0 Å². The fraction of sp³-hybridized carbons (Fsp3) is 0.929. The van der Waals surface area contributed by atoms with Gasteiger partial charge < -0.3 is 15.0 Å². The summed E-state index contributed by atoms with van der Waals surface area (Å²) >= 11 is 0. The average Bonchev–Trinajstić information content (AvgIpc) is 2.38. The lowest BCUT2D eigenvalue weighted by Crippen LogP contribution is -2.51. The zero-order valence-corrected chi connectivity index (χ0v) is 12.3. The molecular weight excluding hydrogens is 228 g/mol. The molecule has 1 unspecified atom stereocenters. The van der Waals surface area contributed by atoms with Crippen molar-refractivity contribution >= 4 is 5.91 Å². The van der Waals surface area contributed by atoms with Crippen LogP contribution in [0.1, 0.15) is 39.5 Å². The third-order valence-corrected chi connectivity index (χ3v) is 4.13. The van der Waals surface area contributed by atoms with Gasteiger partial charge in [-0.3, -0.25) is 4.79 Å². The molecule has 1 aliphatic rings. The van der Waals surface area contributed by atoms with Crippen molar-refractivity contribution in [3.8, 4) is 0 Å². The van der Waals surface area contributed by atoms with Crippen LogP contribution >= 0.6 is 0 Å². The third-order valence-electron chi connectivity index (χ3n) is 4.13. The summed E-state index contributed by atoms with van der Waals surface area (Å²) in [6.45, 7) is 6.72. The maximum Gasteiger partial charge on any atom is 0.228 e. The van der Waals surface area contributed by atoms with Crippen LogP contribution < -0.4 is 5.32 Å². The highest BCUT2D eigenvalue weighted by atomic mass is 16.5. The van der Waals surface area contributed by atoms with Gasteiger partial charge >= 0.3 is 0 Å². The summed E-state index contributed by atoms with van der Waals surface area (Å²) in [5.41, 5.74) is -0.142. The fourth-order valence-electron chi connectivity index (χ4n) is 2.88. The lowest BCUT2D eigenvalue weighted by molar-refractivity contribution is -0.146. The first-order valence-electron chi connectivity index (χ1n) is 7.04. The Bertz CT molecular complexity index is 257. The van der Waals surface area contributed by atoms with Gasteiger partial charge in [-0.05, 0) is 39.3 Å². The minimum atomic E-state index is -0.142.